The molecule has 1 fully saturated rings. The van der Waals surface area contributed by atoms with Gasteiger partial charge in [-0.15, -0.1) is 0 Å². The molecule has 1 unspecified atom stereocenters. The molecule has 0 spiro atoms. The van der Waals surface area contributed by atoms with Crippen molar-refractivity contribution >= 4 is 41.0 Å². The van der Waals surface area contributed by atoms with Gasteiger partial charge in [0.25, 0.3) is 17.7 Å². The van der Waals surface area contributed by atoms with E-state index in [0.29, 0.717) is 66.5 Å². The molecule has 49 heavy (non-hydrogen) atoms. The van der Waals surface area contributed by atoms with E-state index >= 15 is 0 Å². The van der Waals surface area contributed by atoms with Crippen LogP contribution < -0.4 is 15.0 Å². The highest BCUT2D eigenvalue weighted by Crippen LogP contribution is 2.35. The zero-order valence-electron chi connectivity index (χ0n) is 26.3. The van der Waals surface area contributed by atoms with Crippen molar-refractivity contribution in [3.63, 3.8) is 0 Å². The highest BCUT2D eigenvalue weighted by molar-refractivity contribution is 6.30. The smallest absolute Gasteiger partial charge is 0.420 e. The van der Waals surface area contributed by atoms with Crippen molar-refractivity contribution in [2.75, 3.05) is 50.7 Å². The summed E-state index contributed by atoms with van der Waals surface area (Å²) in [6.45, 7) is 3.81. The number of ether oxygens (including phenoxy) is 1. The number of amides is 3. The van der Waals surface area contributed by atoms with Crippen LogP contribution in [0.25, 0.3) is 0 Å². The first-order chi connectivity index (χ1) is 23.5. The summed E-state index contributed by atoms with van der Waals surface area (Å²) in [7, 11) is 0. The van der Waals surface area contributed by atoms with Gasteiger partial charge >= 0.3 is 12.1 Å². The van der Waals surface area contributed by atoms with Crippen molar-refractivity contribution in [3.05, 3.63) is 106 Å². The van der Waals surface area contributed by atoms with Crippen molar-refractivity contribution in [2.45, 2.75) is 25.3 Å². The lowest BCUT2D eigenvalue weighted by molar-refractivity contribution is -0.189. The maximum Gasteiger partial charge on any atom is 0.491 e. The van der Waals surface area contributed by atoms with Crippen LogP contribution in [-0.2, 0) is 22.7 Å². The molecule has 1 saturated heterocycles. The molecule has 1 atom stereocenters. The predicted molar refractivity (Wildman–Crippen MR) is 175 cm³/mol. The Morgan fingerprint density at radius 3 is 2.16 bits per heavy atom. The molecule has 0 bridgehead atoms. The zero-order chi connectivity index (χ0) is 34.7. The number of hydrogen-bond donors (Lipinski definition) is 1. The Labute approximate surface area is 285 Å². The minimum atomic E-state index is -5.23. The van der Waals surface area contributed by atoms with Crippen molar-refractivity contribution in [2.24, 2.45) is 0 Å². The van der Waals surface area contributed by atoms with Crippen LogP contribution in [-0.4, -0.2) is 96.4 Å². The van der Waals surface area contributed by atoms with Gasteiger partial charge in [-0.05, 0) is 53.6 Å². The average Bonchev–Trinajstić information content (AvgIpc) is 3.61. The van der Waals surface area contributed by atoms with Crippen molar-refractivity contribution in [1.82, 2.24) is 20.0 Å². The third-order valence-electron chi connectivity index (χ3n) is 8.70. The van der Waals surface area contributed by atoms with Crippen LogP contribution in [0.1, 0.15) is 31.8 Å². The summed E-state index contributed by atoms with van der Waals surface area (Å²) < 4.78 is 44.0. The highest BCUT2D eigenvalue weighted by atomic mass is 35.5. The highest BCUT2D eigenvalue weighted by Gasteiger charge is 2.43. The first-order valence-corrected chi connectivity index (χ1v) is 16.1. The maximum absolute atomic E-state index is 14.7. The van der Waals surface area contributed by atoms with Crippen molar-refractivity contribution < 1.29 is 37.1 Å². The molecule has 0 saturated carbocycles. The van der Waals surface area contributed by atoms with Crippen LogP contribution in [0.15, 0.2) is 78.9 Å². The van der Waals surface area contributed by atoms with Crippen LogP contribution in [0.3, 0.4) is 0 Å². The van der Waals surface area contributed by atoms with Gasteiger partial charge in [0, 0.05) is 74.6 Å². The quantitative estimate of drug-likeness (QED) is 0.224. The molecule has 1 N–H and O–H groups in total. The standard InChI is InChI=1S/C35H33ClF3N5O5/c36-27-10-7-25(8-11-27)32(46)44-21-26-9-12-28(49-34(48)35(37,38)39)19-29(26)43(33(47)30(44)22-41-17-13-40-14-18-41)20-23-3-5-24(6-4-23)31(45)42-15-1-2-16-42/h1-12,19,30,40H,13-18,20-22H2. The van der Waals surface area contributed by atoms with Gasteiger partial charge in [-0.25, -0.2) is 4.79 Å². The van der Waals surface area contributed by atoms with Gasteiger partial charge in [0.05, 0.1) is 12.2 Å². The topological polar surface area (TPSA) is 103 Å². The Morgan fingerprint density at radius 1 is 0.878 bits per heavy atom. The van der Waals surface area contributed by atoms with Gasteiger partial charge in [0.15, 0.2) is 0 Å². The Kier molecular flexibility index (Phi) is 10.0. The third-order valence-corrected chi connectivity index (χ3v) is 8.95. The molecular formula is C35H33ClF3N5O5. The lowest BCUT2D eigenvalue weighted by atomic mass is 10.1. The van der Waals surface area contributed by atoms with E-state index in [9.17, 15) is 32.3 Å². The van der Waals surface area contributed by atoms with Crippen LogP contribution in [0.2, 0.25) is 5.02 Å². The summed E-state index contributed by atoms with van der Waals surface area (Å²) in [6.07, 6.45) is -1.41. The minimum absolute atomic E-state index is 0.0384. The lowest BCUT2D eigenvalue weighted by Crippen LogP contribution is -2.56. The molecule has 3 aromatic carbocycles. The van der Waals surface area contributed by atoms with Gasteiger partial charge in [0.2, 0.25) is 0 Å². The maximum atomic E-state index is 14.7. The number of nitrogens with zero attached hydrogens (tertiary/aromatic N) is 4. The van der Waals surface area contributed by atoms with E-state index in [1.54, 1.807) is 53.4 Å². The molecule has 3 heterocycles. The third kappa shape index (κ3) is 7.79. The first-order valence-electron chi connectivity index (χ1n) is 15.7. The zero-order valence-corrected chi connectivity index (χ0v) is 27.0. The fraction of sp³-hybridized carbons (Fsp3) is 0.314. The number of halogens is 4. The van der Waals surface area contributed by atoms with Gasteiger partial charge in [-0.3, -0.25) is 19.3 Å². The number of rotatable bonds is 7. The molecule has 3 aromatic rings. The summed E-state index contributed by atoms with van der Waals surface area (Å²) >= 11 is 6.08. The molecule has 0 aliphatic carbocycles. The van der Waals surface area contributed by atoms with E-state index in [-0.39, 0.29) is 31.2 Å². The molecule has 256 valence electrons. The number of nitrogens with one attached hydrogen (secondary N) is 1. The van der Waals surface area contributed by atoms with Gasteiger partial charge in [0.1, 0.15) is 11.8 Å². The number of alkyl halides is 3. The van der Waals surface area contributed by atoms with Crippen molar-refractivity contribution in [3.8, 4) is 5.75 Å². The summed E-state index contributed by atoms with van der Waals surface area (Å²) in [4.78, 5) is 60.2. The fourth-order valence-corrected chi connectivity index (χ4v) is 6.22. The minimum Gasteiger partial charge on any atom is -0.420 e. The number of carbonyl (C=O) groups excluding carboxylic acids is 4. The number of fused-ring (bicyclic) bond motifs is 1. The van der Waals surface area contributed by atoms with E-state index in [0.717, 1.165) is 0 Å². The summed E-state index contributed by atoms with van der Waals surface area (Å²) in [5.41, 5.74) is 2.05. The second kappa shape index (κ2) is 14.4. The Bertz CT molecular complexity index is 1750. The van der Waals surface area contributed by atoms with E-state index < -0.39 is 35.8 Å². The van der Waals surface area contributed by atoms with Crippen LogP contribution in [0, 0.1) is 0 Å². The van der Waals surface area contributed by atoms with Crippen LogP contribution >= 0.6 is 11.6 Å². The van der Waals surface area contributed by atoms with Crippen LogP contribution in [0.5, 0.6) is 5.75 Å². The molecular weight excluding hydrogens is 663 g/mol. The Morgan fingerprint density at radius 2 is 1.51 bits per heavy atom. The average molecular weight is 696 g/mol. The molecule has 3 aliphatic rings. The Balaban J connectivity index is 1.39. The van der Waals surface area contributed by atoms with Gasteiger partial charge in [-0.1, -0.05) is 42.0 Å². The number of anilines is 1. The number of piperazine rings is 1. The largest absolute Gasteiger partial charge is 0.491 e. The van der Waals surface area contributed by atoms with Crippen LogP contribution in [0.4, 0.5) is 18.9 Å². The summed E-state index contributed by atoms with van der Waals surface area (Å²) in [6, 6.07) is 15.9. The van der Waals surface area contributed by atoms with E-state index in [1.165, 1.54) is 28.0 Å². The summed E-state index contributed by atoms with van der Waals surface area (Å²) in [5.74, 6) is -3.85. The fourth-order valence-electron chi connectivity index (χ4n) is 6.09. The molecule has 0 radical (unpaired) electrons. The van der Waals surface area contributed by atoms with E-state index in [2.05, 4.69) is 15.0 Å². The first kappa shape index (κ1) is 34.2. The van der Waals surface area contributed by atoms with E-state index in [4.69, 9.17) is 11.6 Å². The molecule has 14 heteroatoms. The second-order valence-corrected chi connectivity index (χ2v) is 12.4. The van der Waals surface area contributed by atoms with Crippen molar-refractivity contribution in [1.29, 1.82) is 0 Å². The molecule has 10 nitrogen and oxygen atoms in total. The Hall–Kier alpha value is -4.72. The van der Waals surface area contributed by atoms with Gasteiger partial charge in [-0.2, -0.15) is 13.2 Å². The SMILES string of the molecule is O=C(c1ccc(CN2C(=O)C(CN3CCNCC3)N(C(=O)c3ccc(Cl)cc3)Cc3ccc(OC(=O)C(F)(F)F)cc32)cc1)N1CC=CC1. The molecule has 0 aromatic heterocycles. The molecule has 3 aliphatic heterocycles. The monoisotopic (exact) mass is 695 g/mol. The second-order valence-electron chi connectivity index (χ2n) is 12.0. The van der Waals surface area contributed by atoms with E-state index in [1.807, 2.05) is 12.2 Å². The molecule has 3 amide bonds. The van der Waals surface area contributed by atoms with Gasteiger partial charge < -0.3 is 24.8 Å². The predicted octanol–water partition coefficient (Wildman–Crippen LogP) is 4.28. The summed E-state index contributed by atoms with van der Waals surface area (Å²) in [5, 5.41) is 3.71. The molecule has 6 rings (SSSR count). The number of hydrogen-bond acceptors (Lipinski definition) is 7. The number of benzene rings is 3. The lowest BCUT2D eigenvalue weighted by Gasteiger charge is -2.36. The number of esters is 1. The number of carbonyl (C=O) groups is 4. The normalized spacial score (nSPS) is 18.3.